The summed E-state index contributed by atoms with van der Waals surface area (Å²) in [7, 11) is 0. The summed E-state index contributed by atoms with van der Waals surface area (Å²) in [4.78, 5) is 124. The number of halogens is 2. The number of carbonyl (C=O) groups excluding carboxylic acids is 8. The average Bonchev–Trinajstić information content (AvgIpc) is 1.86. The van der Waals surface area contributed by atoms with E-state index in [0.29, 0.717) is 44.2 Å². The number of rotatable bonds is 20. The van der Waals surface area contributed by atoms with Gasteiger partial charge in [0.05, 0.1) is 56.5 Å². The van der Waals surface area contributed by atoms with Gasteiger partial charge in [-0.3, -0.25) is 19.2 Å². The summed E-state index contributed by atoms with van der Waals surface area (Å²) in [5, 5.41) is 12.3. The fourth-order valence-electron chi connectivity index (χ4n) is 9.40. The molecule has 4 N–H and O–H groups in total. The summed E-state index contributed by atoms with van der Waals surface area (Å²) >= 11 is 11.8. The van der Waals surface area contributed by atoms with Crippen molar-refractivity contribution in [2.75, 3.05) is 50.0 Å². The van der Waals surface area contributed by atoms with E-state index in [-0.39, 0.29) is 72.8 Å². The zero-order valence-corrected chi connectivity index (χ0v) is 50.4. The summed E-state index contributed by atoms with van der Waals surface area (Å²) in [6, 6.07) is 16.0. The van der Waals surface area contributed by atoms with Crippen LogP contribution < -0.4 is 21.3 Å². The lowest BCUT2D eigenvalue weighted by atomic mass is 10.0. The van der Waals surface area contributed by atoms with Crippen LogP contribution >= 0.6 is 23.2 Å². The molecule has 28 heteroatoms. The van der Waals surface area contributed by atoms with Gasteiger partial charge in [-0.05, 0) is 128 Å². The molecule has 6 heterocycles. The Balaban J connectivity index is 0.000000246. The number of esters is 2. The molecule has 2 atom stereocenters. The second-order valence-corrected chi connectivity index (χ2v) is 21.4. The molecule has 8 rings (SSSR count). The number of nitrogens with zero attached hydrogens (tertiary/aromatic N) is 8. The van der Waals surface area contributed by atoms with Crippen molar-refractivity contribution in [3.63, 3.8) is 0 Å². The van der Waals surface area contributed by atoms with Gasteiger partial charge in [0.15, 0.2) is 0 Å². The van der Waals surface area contributed by atoms with Gasteiger partial charge in [-0.2, -0.15) is 0 Å². The van der Waals surface area contributed by atoms with E-state index in [0.717, 1.165) is 51.9 Å². The van der Waals surface area contributed by atoms with Crippen LogP contribution in [0.1, 0.15) is 123 Å². The average molecular weight is 1230 g/mol. The number of aromatic nitrogens is 6. The molecule has 2 aliphatic rings. The van der Waals surface area contributed by atoms with E-state index in [1.165, 1.54) is 59.6 Å². The molecule has 0 radical (unpaired) electrons. The fraction of sp³-hybridized carbons (Fsp3) is 0.448. The molecule has 26 nitrogen and oxygen atoms in total. The Morgan fingerprint density at radius 2 is 0.907 bits per heavy atom. The minimum absolute atomic E-state index is 0.0186. The maximum atomic E-state index is 13.5. The number of fused-ring (bicyclic) bond motifs is 2. The Labute approximate surface area is 505 Å². The van der Waals surface area contributed by atoms with Crippen LogP contribution in [0, 0.1) is 0 Å². The normalized spacial score (nSPS) is 14.7. The molecule has 460 valence electrons. The molecule has 4 aromatic heterocycles. The highest BCUT2D eigenvalue weighted by Gasteiger charge is 2.29. The van der Waals surface area contributed by atoms with Gasteiger partial charge >= 0.3 is 24.2 Å². The topological polar surface area (TPSA) is 308 Å². The molecule has 2 aliphatic heterocycles. The van der Waals surface area contributed by atoms with Gasteiger partial charge in [-0.25, -0.2) is 39.1 Å². The van der Waals surface area contributed by atoms with E-state index < -0.39 is 60.5 Å². The van der Waals surface area contributed by atoms with E-state index in [1.807, 2.05) is 0 Å². The monoisotopic (exact) mass is 1230 g/mol. The summed E-state index contributed by atoms with van der Waals surface area (Å²) in [5.41, 5.74) is 1.69. The van der Waals surface area contributed by atoms with Crippen LogP contribution in [0.3, 0.4) is 0 Å². The number of piperidine rings is 2. The Kier molecular flexibility index (Phi) is 23.1. The van der Waals surface area contributed by atoms with Crippen LogP contribution in [-0.4, -0.2) is 163 Å². The first-order valence-corrected chi connectivity index (χ1v) is 28.8. The zero-order chi connectivity index (χ0) is 62.2. The molecule has 86 heavy (non-hydrogen) atoms. The highest BCUT2D eigenvalue weighted by atomic mass is 35.5. The molecule has 0 bridgehead atoms. The van der Waals surface area contributed by atoms with Crippen molar-refractivity contribution in [2.45, 2.75) is 131 Å². The first kappa shape index (κ1) is 65.1. The van der Waals surface area contributed by atoms with Crippen molar-refractivity contribution < 1.29 is 66.8 Å². The molecular formula is C58H70Cl2N12O14. The Morgan fingerprint density at radius 1 is 0.535 bits per heavy atom. The number of pyridine rings is 2. The third-order valence-electron chi connectivity index (χ3n) is 13.8. The number of likely N-dealkylation sites (tertiary alicyclic amines) is 2. The van der Waals surface area contributed by atoms with Crippen LogP contribution in [0.25, 0.3) is 22.1 Å². The Hall–Kier alpha value is -8.46. The number of anilines is 2. The number of ether oxygens (including phenoxy) is 6. The number of nitrogens with one attached hydrogen (secondary N) is 4. The molecule has 0 spiro atoms. The van der Waals surface area contributed by atoms with Gasteiger partial charge in [-0.15, -0.1) is 0 Å². The van der Waals surface area contributed by atoms with Crippen molar-refractivity contribution in [2.24, 2.45) is 0 Å². The van der Waals surface area contributed by atoms with E-state index in [4.69, 9.17) is 51.6 Å². The zero-order valence-electron chi connectivity index (χ0n) is 48.9. The molecule has 2 unspecified atom stereocenters. The minimum atomic E-state index is -1.21. The van der Waals surface area contributed by atoms with Crippen molar-refractivity contribution in [1.82, 2.24) is 49.5 Å². The van der Waals surface area contributed by atoms with E-state index in [1.54, 1.807) is 50.2 Å². The van der Waals surface area contributed by atoms with E-state index >= 15 is 0 Å². The van der Waals surface area contributed by atoms with Gasteiger partial charge in [0.25, 0.3) is 11.8 Å². The maximum Gasteiger partial charge on any atom is 0.511 e. The molecule has 0 aliphatic carbocycles. The molecule has 2 aromatic carbocycles. The highest BCUT2D eigenvalue weighted by Crippen LogP contribution is 2.24. The number of carbonyl (C=O) groups is 8. The summed E-state index contributed by atoms with van der Waals surface area (Å²) < 4.78 is 32.5. The third-order valence-corrected chi connectivity index (χ3v) is 14.2. The Bertz CT molecular complexity index is 3160. The van der Waals surface area contributed by atoms with Gasteiger partial charge in [0, 0.05) is 76.6 Å². The number of hydrogen-bond donors (Lipinski definition) is 4. The predicted molar refractivity (Wildman–Crippen MR) is 316 cm³/mol. The quantitative estimate of drug-likeness (QED) is 0.0319. The van der Waals surface area contributed by atoms with Gasteiger partial charge in [0.1, 0.15) is 24.7 Å². The summed E-state index contributed by atoms with van der Waals surface area (Å²) in [6.45, 7) is 17.6. The molecule has 2 saturated heterocycles. The van der Waals surface area contributed by atoms with Crippen molar-refractivity contribution in [3.05, 3.63) is 106 Å². The number of benzene rings is 2. The molecule has 2 fully saturated rings. The SMILES string of the molecule is CCOC(=O)OC(C)OC(=O)c1ccc2nc(C(=O)NC3CCN(C(C)C)CC3)n(CC(=O)Nc3ccc(Cl)cn3)c2c1.CCOC(=O)OC(C)OC(=O)c1ccc2nc(C(=O)NC3CCN(C(C)C)CC3)n(CC(=O)Nc3ccc(Cl)cn3)c2c1. The first-order valence-electron chi connectivity index (χ1n) is 28.1. The highest BCUT2D eigenvalue weighted by molar-refractivity contribution is 6.30. The van der Waals surface area contributed by atoms with Crippen molar-refractivity contribution >= 4 is 105 Å². The fourth-order valence-corrected chi connectivity index (χ4v) is 9.62. The number of hydrogen-bond acceptors (Lipinski definition) is 20. The second kappa shape index (κ2) is 30.6. The minimum Gasteiger partial charge on any atom is -0.435 e. The van der Waals surface area contributed by atoms with Crippen LogP contribution in [0.4, 0.5) is 21.2 Å². The van der Waals surface area contributed by atoms with Crippen LogP contribution in [0.5, 0.6) is 0 Å². The lowest BCUT2D eigenvalue weighted by Crippen LogP contribution is -2.47. The van der Waals surface area contributed by atoms with E-state index in [2.05, 4.69) is 78.7 Å². The maximum absolute atomic E-state index is 13.5. The predicted octanol–water partition coefficient (Wildman–Crippen LogP) is 8.00. The van der Waals surface area contributed by atoms with Crippen molar-refractivity contribution in [3.8, 4) is 0 Å². The largest absolute Gasteiger partial charge is 0.511 e. The molecular weight excluding hydrogens is 1160 g/mol. The summed E-state index contributed by atoms with van der Waals surface area (Å²) in [6.07, 6.45) is 1.58. The molecule has 0 saturated carbocycles. The number of imidazole rings is 2. The molecule has 4 amide bonds. The van der Waals surface area contributed by atoms with Gasteiger partial charge in [0.2, 0.25) is 36.0 Å². The van der Waals surface area contributed by atoms with Crippen LogP contribution in [0.15, 0.2) is 73.1 Å². The van der Waals surface area contributed by atoms with Crippen LogP contribution in [0.2, 0.25) is 10.0 Å². The lowest BCUT2D eigenvalue weighted by Gasteiger charge is -2.34. The lowest BCUT2D eigenvalue weighted by molar-refractivity contribution is -0.117. The van der Waals surface area contributed by atoms with Crippen molar-refractivity contribution in [1.29, 1.82) is 0 Å². The first-order chi connectivity index (χ1) is 41.1. The smallest absolute Gasteiger partial charge is 0.435 e. The van der Waals surface area contributed by atoms with Gasteiger partial charge in [-0.1, -0.05) is 23.2 Å². The standard InChI is InChI=1S/2C29H35ClN6O7/c2*1-5-41-29(40)43-18(4)42-28(39)19-6-8-22-23(14-19)36(16-25(37)34-24-9-7-20(30)15-31-24)26(33-22)27(38)32-21-10-12-35(13-11-21)17(2)3/h2*6-9,14-15,17-18,21H,5,10-13,16H2,1-4H3,(H,32,38)(H,31,34,37). The summed E-state index contributed by atoms with van der Waals surface area (Å²) in [5.74, 6) is -2.79. The van der Waals surface area contributed by atoms with E-state index in [9.17, 15) is 38.4 Å². The second-order valence-electron chi connectivity index (χ2n) is 20.6. The molecule has 6 aromatic rings. The van der Waals surface area contributed by atoms with Gasteiger partial charge < -0.3 is 68.6 Å². The number of amides is 4. The van der Waals surface area contributed by atoms with Crippen LogP contribution in [-0.2, 0) is 51.1 Å². The third kappa shape index (κ3) is 18.3. The Morgan fingerprint density at radius 3 is 1.23 bits per heavy atom.